The Kier molecular flexibility index (Phi) is 3.86. The predicted molar refractivity (Wildman–Crippen MR) is 62.4 cm³/mol. The molecule has 1 aromatic carbocycles. The van der Waals surface area contributed by atoms with Crippen molar-refractivity contribution in [2.24, 2.45) is 5.92 Å². The van der Waals surface area contributed by atoms with Crippen LogP contribution in [0.1, 0.15) is 16.8 Å². The molecule has 17 heavy (non-hydrogen) atoms. The van der Waals surface area contributed by atoms with Crippen molar-refractivity contribution in [1.29, 1.82) is 0 Å². The zero-order valence-corrected chi connectivity index (χ0v) is 9.60. The lowest BCUT2D eigenvalue weighted by atomic mass is 10.1. The molecule has 1 aromatic rings. The smallest absolute Gasteiger partial charge is 0.176 e. The van der Waals surface area contributed by atoms with Crippen molar-refractivity contribution in [1.82, 2.24) is 4.90 Å². The molecule has 1 atom stereocenters. The van der Waals surface area contributed by atoms with E-state index in [0.29, 0.717) is 12.1 Å². The van der Waals surface area contributed by atoms with Crippen molar-refractivity contribution in [2.45, 2.75) is 6.42 Å². The van der Waals surface area contributed by atoms with Crippen LogP contribution in [0.15, 0.2) is 24.3 Å². The van der Waals surface area contributed by atoms with Crippen molar-refractivity contribution in [3.63, 3.8) is 0 Å². The Bertz CT molecular complexity index is 391. The topological polar surface area (TPSA) is 40.5 Å². The standard InChI is InChI=1S/C13H16FNO2/c14-12-3-1-11(2-4-12)13(17)8-15-6-5-10(7-15)9-16/h1-4,10,16H,5-9H2/t10-/m1/s1. The first kappa shape index (κ1) is 12.2. The van der Waals surface area contributed by atoms with Gasteiger partial charge in [0.05, 0.1) is 6.54 Å². The number of Topliss-reactive ketones (excluding diaryl/α,β-unsaturated/α-hetero) is 1. The Labute approximate surface area is 99.9 Å². The summed E-state index contributed by atoms with van der Waals surface area (Å²) in [5.74, 6) is -0.0392. The number of aliphatic hydroxyl groups is 1. The third-order valence-electron chi connectivity index (χ3n) is 3.16. The van der Waals surface area contributed by atoms with E-state index in [1.54, 1.807) is 0 Å². The van der Waals surface area contributed by atoms with Gasteiger partial charge in [-0.25, -0.2) is 4.39 Å². The molecular weight excluding hydrogens is 221 g/mol. The fraction of sp³-hybridized carbons (Fsp3) is 0.462. The van der Waals surface area contributed by atoms with Gasteiger partial charge in [0.1, 0.15) is 5.82 Å². The summed E-state index contributed by atoms with van der Waals surface area (Å²) in [5.41, 5.74) is 0.541. The number of hydrogen-bond donors (Lipinski definition) is 1. The van der Waals surface area contributed by atoms with Crippen LogP contribution in [0.2, 0.25) is 0 Å². The van der Waals surface area contributed by atoms with Crippen LogP contribution in [0.3, 0.4) is 0 Å². The number of rotatable bonds is 4. The van der Waals surface area contributed by atoms with E-state index in [0.717, 1.165) is 19.5 Å². The number of carbonyl (C=O) groups excluding carboxylic acids is 1. The van der Waals surface area contributed by atoms with Gasteiger partial charge < -0.3 is 5.11 Å². The van der Waals surface area contributed by atoms with Crippen LogP contribution in [0.5, 0.6) is 0 Å². The van der Waals surface area contributed by atoms with E-state index < -0.39 is 0 Å². The lowest BCUT2D eigenvalue weighted by molar-refractivity contribution is 0.0940. The predicted octanol–water partition coefficient (Wildman–Crippen LogP) is 1.32. The van der Waals surface area contributed by atoms with Gasteiger partial charge in [0, 0.05) is 18.7 Å². The Hall–Kier alpha value is -1.26. The molecule has 1 fully saturated rings. The molecule has 0 amide bonds. The summed E-state index contributed by atoms with van der Waals surface area (Å²) < 4.78 is 12.7. The first-order valence-electron chi connectivity index (χ1n) is 5.81. The summed E-state index contributed by atoms with van der Waals surface area (Å²) >= 11 is 0. The summed E-state index contributed by atoms with van der Waals surface area (Å²) in [6.45, 7) is 2.14. The van der Waals surface area contributed by atoms with E-state index in [2.05, 4.69) is 0 Å². The van der Waals surface area contributed by atoms with Gasteiger partial charge in [-0.1, -0.05) is 0 Å². The molecule has 0 saturated carbocycles. The summed E-state index contributed by atoms with van der Waals surface area (Å²) in [5, 5.41) is 9.01. The third-order valence-corrected chi connectivity index (χ3v) is 3.16. The lowest BCUT2D eigenvalue weighted by Gasteiger charge is -2.14. The van der Waals surface area contributed by atoms with Gasteiger partial charge in [0.25, 0.3) is 0 Å². The maximum atomic E-state index is 12.7. The molecule has 92 valence electrons. The monoisotopic (exact) mass is 237 g/mol. The van der Waals surface area contributed by atoms with Crippen LogP contribution in [-0.4, -0.2) is 42.0 Å². The highest BCUT2D eigenvalue weighted by Gasteiger charge is 2.23. The average molecular weight is 237 g/mol. The molecular formula is C13H16FNO2. The van der Waals surface area contributed by atoms with Gasteiger partial charge in [0.15, 0.2) is 5.78 Å². The Morgan fingerprint density at radius 3 is 2.71 bits per heavy atom. The van der Waals surface area contributed by atoms with Gasteiger partial charge >= 0.3 is 0 Å². The van der Waals surface area contributed by atoms with E-state index in [1.165, 1.54) is 24.3 Å². The lowest BCUT2D eigenvalue weighted by Crippen LogP contribution is -2.28. The van der Waals surface area contributed by atoms with Crippen molar-refractivity contribution >= 4 is 5.78 Å². The molecule has 0 bridgehead atoms. The van der Waals surface area contributed by atoms with Crippen molar-refractivity contribution in [3.05, 3.63) is 35.6 Å². The summed E-state index contributed by atoms with van der Waals surface area (Å²) in [7, 11) is 0. The van der Waals surface area contributed by atoms with Crippen LogP contribution in [-0.2, 0) is 0 Å². The van der Waals surface area contributed by atoms with Gasteiger partial charge in [0.2, 0.25) is 0 Å². The molecule has 0 spiro atoms. The third kappa shape index (κ3) is 3.11. The average Bonchev–Trinajstić information content (AvgIpc) is 2.77. The van der Waals surface area contributed by atoms with Crippen LogP contribution in [0.25, 0.3) is 0 Å². The highest BCUT2D eigenvalue weighted by atomic mass is 19.1. The first-order valence-corrected chi connectivity index (χ1v) is 5.81. The maximum absolute atomic E-state index is 12.7. The molecule has 0 radical (unpaired) electrons. The van der Waals surface area contributed by atoms with Crippen LogP contribution in [0, 0.1) is 11.7 Å². The molecule has 2 rings (SSSR count). The number of nitrogens with zero attached hydrogens (tertiary/aromatic N) is 1. The SMILES string of the molecule is O=C(CN1CC[C@@H](CO)C1)c1ccc(F)cc1. The molecule has 1 heterocycles. The van der Waals surface area contributed by atoms with Gasteiger partial charge in [-0.05, 0) is 43.1 Å². The van der Waals surface area contributed by atoms with Crippen molar-refractivity contribution in [3.8, 4) is 0 Å². The Morgan fingerprint density at radius 1 is 1.41 bits per heavy atom. The van der Waals surface area contributed by atoms with Gasteiger partial charge in [-0.3, -0.25) is 9.69 Å². The maximum Gasteiger partial charge on any atom is 0.176 e. The number of halogens is 1. The van der Waals surface area contributed by atoms with Gasteiger partial charge in [-0.2, -0.15) is 0 Å². The molecule has 1 aliphatic heterocycles. The summed E-state index contributed by atoms with van der Waals surface area (Å²) in [6, 6.07) is 5.62. The molecule has 1 saturated heterocycles. The van der Waals surface area contributed by atoms with E-state index in [4.69, 9.17) is 5.11 Å². The molecule has 4 heteroatoms. The minimum atomic E-state index is -0.330. The highest BCUT2D eigenvalue weighted by molar-refractivity contribution is 5.97. The fourth-order valence-electron chi connectivity index (χ4n) is 2.14. The number of aliphatic hydroxyl groups excluding tert-OH is 1. The second kappa shape index (κ2) is 5.38. The second-order valence-corrected chi connectivity index (χ2v) is 4.50. The number of ketones is 1. The highest BCUT2D eigenvalue weighted by Crippen LogP contribution is 2.15. The van der Waals surface area contributed by atoms with Crippen LogP contribution < -0.4 is 0 Å². The number of likely N-dealkylation sites (tertiary alicyclic amines) is 1. The summed E-state index contributed by atoms with van der Waals surface area (Å²) in [4.78, 5) is 13.9. The zero-order chi connectivity index (χ0) is 12.3. The molecule has 0 unspecified atom stereocenters. The first-order chi connectivity index (χ1) is 8.19. The molecule has 0 aromatic heterocycles. The largest absolute Gasteiger partial charge is 0.396 e. The van der Waals surface area contributed by atoms with Crippen LogP contribution in [0.4, 0.5) is 4.39 Å². The van der Waals surface area contributed by atoms with Crippen molar-refractivity contribution in [2.75, 3.05) is 26.2 Å². The number of carbonyl (C=O) groups is 1. The van der Waals surface area contributed by atoms with Crippen molar-refractivity contribution < 1.29 is 14.3 Å². The Balaban J connectivity index is 1.91. The number of benzene rings is 1. The van der Waals surface area contributed by atoms with E-state index in [9.17, 15) is 9.18 Å². The Morgan fingerprint density at radius 2 is 2.12 bits per heavy atom. The quantitative estimate of drug-likeness (QED) is 0.803. The van der Waals surface area contributed by atoms with E-state index in [1.807, 2.05) is 4.90 Å². The number of hydrogen-bond acceptors (Lipinski definition) is 3. The second-order valence-electron chi connectivity index (χ2n) is 4.50. The molecule has 1 N–H and O–H groups in total. The molecule has 3 nitrogen and oxygen atoms in total. The normalized spacial score (nSPS) is 20.7. The molecule has 1 aliphatic rings. The van der Waals surface area contributed by atoms with Gasteiger partial charge in [-0.15, -0.1) is 0 Å². The summed E-state index contributed by atoms with van der Waals surface area (Å²) in [6.07, 6.45) is 0.938. The zero-order valence-electron chi connectivity index (χ0n) is 9.60. The minimum Gasteiger partial charge on any atom is -0.396 e. The van der Waals surface area contributed by atoms with Crippen LogP contribution >= 0.6 is 0 Å². The fourth-order valence-corrected chi connectivity index (χ4v) is 2.14. The minimum absolute atomic E-state index is 0.00332. The van der Waals surface area contributed by atoms with E-state index >= 15 is 0 Å². The van der Waals surface area contributed by atoms with E-state index in [-0.39, 0.29) is 24.1 Å². The molecule has 0 aliphatic carbocycles.